The molecule has 2 aliphatic carbocycles. The first-order chi connectivity index (χ1) is 10.8. The predicted octanol–water partition coefficient (Wildman–Crippen LogP) is 2.62. The zero-order chi connectivity index (χ0) is 15.2. The van der Waals surface area contributed by atoms with Gasteiger partial charge in [-0.1, -0.05) is 18.2 Å². The van der Waals surface area contributed by atoms with Crippen LogP contribution in [0.25, 0.3) is 0 Å². The lowest BCUT2D eigenvalue weighted by molar-refractivity contribution is -0.120. The van der Waals surface area contributed by atoms with Crippen LogP contribution >= 0.6 is 0 Å². The smallest absolute Gasteiger partial charge is 0.234 e. The van der Waals surface area contributed by atoms with E-state index in [9.17, 15) is 4.79 Å². The molecule has 0 aromatic heterocycles. The molecule has 1 aromatic rings. The van der Waals surface area contributed by atoms with Gasteiger partial charge in [0, 0.05) is 12.1 Å². The van der Waals surface area contributed by atoms with Gasteiger partial charge in [0.05, 0.1) is 12.6 Å². The van der Waals surface area contributed by atoms with Gasteiger partial charge in [-0.2, -0.15) is 0 Å². The largest absolute Gasteiger partial charge is 0.490 e. The van der Waals surface area contributed by atoms with E-state index in [1.165, 1.54) is 25.7 Å². The molecule has 1 amide bonds. The van der Waals surface area contributed by atoms with Crippen molar-refractivity contribution in [3.05, 3.63) is 29.8 Å². The molecule has 1 aromatic carbocycles. The third-order valence-electron chi connectivity index (χ3n) is 4.46. The molecule has 0 radical (unpaired) electrons. The zero-order valence-electron chi connectivity index (χ0n) is 13.1. The Kier molecular flexibility index (Phi) is 5.33. The van der Waals surface area contributed by atoms with E-state index < -0.39 is 0 Å². The van der Waals surface area contributed by atoms with E-state index in [1.54, 1.807) is 0 Å². The SMILES string of the molecule is O=C(CNCC1CC1)NCc1ccccc1OC1CCCC1. The van der Waals surface area contributed by atoms with Crippen LogP contribution in [0.15, 0.2) is 24.3 Å². The lowest BCUT2D eigenvalue weighted by Crippen LogP contribution is -2.34. The summed E-state index contributed by atoms with van der Waals surface area (Å²) in [5, 5.41) is 6.19. The standard InChI is InChI=1S/C18H26N2O2/c21-18(13-19-11-14-9-10-14)20-12-15-5-1-4-8-17(15)22-16-6-2-3-7-16/h1,4-5,8,14,16,19H,2-3,6-7,9-13H2,(H,20,21). The molecule has 2 fully saturated rings. The maximum absolute atomic E-state index is 11.9. The van der Waals surface area contributed by atoms with Gasteiger partial charge in [-0.15, -0.1) is 0 Å². The third kappa shape index (κ3) is 4.73. The zero-order valence-corrected chi connectivity index (χ0v) is 13.1. The number of amides is 1. The highest BCUT2D eigenvalue weighted by Crippen LogP contribution is 2.27. The molecule has 22 heavy (non-hydrogen) atoms. The molecule has 120 valence electrons. The van der Waals surface area contributed by atoms with Gasteiger partial charge >= 0.3 is 0 Å². The number of hydrogen-bond donors (Lipinski definition) is 2. The summed E-state index contributed by atoms with van der Waals surface area (Å²) < 4.78 is 6.09. The van der Waals surface area contributed by atoms with Gasteiger partial charge in [0.15, 0.2) is 0 Å². The Labute approximate surface area is 132 Å². The van der Waals surface area contributed by atoms with Gasteiger partial charge < -0.3 is 15.4 Å². The molecule has 4 nitrogen and oxygen atoms in total. The molecule has 2 saturated carbocycles. The normalized spacial score (nSPS) is 18.4. The van der Waals surface area contributed by atoms with Gasteiger partial charge in [-0.05, 0) is 57.1 Å². The van der Waals surface area contributed by atoms with Crippen molar-refractivity contribution in [2.75, 3.05) is 13.1 Å². The Balaban J connectivity index is 1.45. The minimum atomic E-state index is 0.0521. The average molecular weight is 302 g/mol. The number of hydrogen-bond acceptors (Lipinski definition) is 3. The minimum Gasteiger partial charge on any atom is -0.490 e. The second-order valence-corrected chi connectivity index (χ2v) is 6.48. The molecular formula is C18H26N2O2. The monoisotopic (exact) mass is 302 g/mol. The molecule has 0 bridgehead atoms. The molecule has 2 N–H and O–H groups in total. The second-order valence-electron chi connectivity index (χ2n) is 6.48. The van der Waals surface area contributed by atoms with E-state index in [0.29, 0.717) is 19.2 Å². The Morgan fingerprint density at radius 3 is 2.68 bits per heavy atom. The molecule has 3 rings (SSSR count). The maximum atomic E-state index is 11.9. The van der Waals surface area contributed by atoms with Crippen LogP contribution in [0.2, 0.25) is 0 Å². The number of benzene rings is 1. The van der Waals surface area contributed by atoms with Gasteiger partial charge in [-0.3, -0.25) is 4.79 Å². The van der Waals surface area contributed by atoms with E-state index in [-0.39, 0.29) is 5.91 Å². The van der Waals surface area contributed by atoms with Crippen LogP contribution in [0.1, 0.15) is 44.1 Å². The molecule has 0 aliphatic heterocycles. The van der Waals surface area contributed by atoms with Gasteiger partial charge in [0.1, 0.15) is 5.75 Å². The van der Waals surface area contributed by atoms with Crippen LogP contribution in [0, 0.1) is 5.92 Å². The van der Waals surface area contributed by atoms with Crippen LogP contribution in [-0.2, 0) is 11.3 Å². The van der Waals surface area contributed by atoms with Gasteiger partial charge in [0.2, 0.25) is 5.91 Å². The fourth-order valence-corrected chi connectivity index (χ4v) is 2.92. The fourth-order valence-electron chi connectivity index (χ4n) is 2.92. The first-order valence-electron chi connectivity index (χ1n) is 8.53. The quantitative estimate of drug-likeness (QED) is 0.776. The summed E-state index contributed by atoms with van der Waals surface area (Å²) in [4.78, 5) is 11.9. The van der Waals surface area contributed by atoms with Crippen molar-refractivity contribution in [1.82, 2.24) is 10.6 Å². The molecule has 0 unspecified atom stereocenters. The van der Waals surface area contributed by atoms with Crippen LogP contribution in [0.4, 0.5) is 0 Å². The topological polar surface area (TPSA) is 50.4 Å². The summed E-state index contributed by atoms with van der Waals surface area (Å²) in [6.07, 6.45) is 7.77. The van der Waals surface area contributed by atoms with Crippen molar-refractivity contribution >= 4 is 5.91 Å². The van der Waals surface area contributed by atoms with Crippen molar-refractivity contribution in [1.29, 1.82) is 0 Å². The van der Waals surface area contributed by atoms with Gasteiger partial charge in [0.25, 0.3) is 0 Å². The summed E-state index contributed by atoms with van der Waals surface area (Å²) in [6, 6.07) is 8.02. The van der Waals surface area contributed by atoms with Crippen LogP contribution in [-0.4, -0.2) is 25.1 Å². The molecule has 0 heterocycles. The Morgan fingerprint density at radius 2 is 1.91 bits per heavy atom. The fraction of sp³-hybridized carbons (Fsp3) is 0.611. The molecule has 4 heteroatoms. The Bertz CT molecular complexity index is 494. The summed E-state index contributed by atoms with van der Waals surface area (Å²) in [6.45, 7) is 1.91. The minimum absolute atomic E-state index is 0.0521. The van der Waals surface area contributed by atoms with Gasteiger partial charge in [-0.25, -0.2) is 0 Å². The molecule has 0 atom stereocenters. The Morgan fingerprint density at radius 1 is 1.14 bits per heavy atom. The van der Waals surface area contributed by atoms with E-state index in [2.05, 4.69) is 10.6 Å². The number of carbonyl (C=O) groups is 1. The van der Waals surface area contributed by atoms with Crippen LogP contribution in [0.5, 0.6) is 5.75 Å². The van der Waals surface area contributed by atoms with Crippen LogP contribution in [0.3, 0.4) is 0 Å². The summed E-state index contributed by atoms with van der Waals surface area (Å²) in [5.41, 5.74) is 1.06. The second kappa shape index (κ2) is 7.63. The number of nitrogens with one attached hydrogen (secondary N) is 2. The predicted molar refractivity (Wildman–Crippen MR) is 86.8 cm³/mol. The first-order valence-corrected chi connectivity index (χ1v) is 8.53. The molecule has 0 spiro atoms. The highest BCUT2D eigenvalue weighted by molar-refractivity contribution is 5.78. The Hall–Kier alpha value is -1.55. The number of carbonyl (C=O) groups excluding carboxylic acids is 1. The highest BCUT2D eigenvalue weighted by Gasteiger charge is 2.20. The maximum Gasteiger partial charge on any atom is 0.234 e. The molecule has 2 aliphatic rings. The van der Waals surface area contributed by atoms with E-state index in [0.717, 1.165) is 36.6 Å². The summed E-state index contributed by atoms with van der Waals surface area (Å²) in [7, 11) is 0. The van der Waals surface area contributed by atoms with Crippen molar-refractivity contribution in [3.8, 4) is 5.75 Å². The number of ether oxygens (including phenoxy) is 1. The van der Waals surface area contributed by atoms with Crippen molar-refractivity contribution in [3.63, 3.8) is 0 Å². The summed E-state index contributed by atoms with van der Waals surface area (Å²) in [5.74, 6) is 1.77. The van der Waals surface area contributed by atoms with E-state index >= 15 is 0 Å². The third-order valence-corrected chi connectivity index (χ3v) is 4.46. The lowest BCUT2D eigenvalue weighted by atomic mass is 10.2. The highest BCUT2D eigenvalue weighted by atomic mass is 16.5. The lowest BCUT2D eigenvalue weighted by Gasteiger charge is -2.16. The average Bonchev–Trinajstić information content (AvgIpc) is 3.21. The first kappa shape index (κ1) is 15.3. The number of rotatable bonds is 8. The van der Waals surface area contributed by atoms with Crippen molar-refractivity contribution < 1.29 is 9.53 Å². The van der Waals surface area contributed by atoms with E-state index in [4.69, 9.17) is 4.74 Å². The summed E-state index contributed by atoms with van der Waals surface area (Å²) >= 11 is 0. The molecule has 0 saturated heterocycles. The van der Waals surface area contributed by atoms with Crippen LogP contribution < -0.4 is 15.4 Å². The molecular weight excluding hydrogens is 276 g/mol. The van der Waals surface area contributed by atoms with E-state index in [1.807, 2.05) is 24.3 Å². The van der Waals surface area contributed by atoms with Crippen molar-refractivity contribution in [2.45, 2.75) is 51.2 Å². The number of para-hydroxylation sites is 1. The van der Waals surface area contributed by atoms with Crippen molar-refractivity contribution in [2.24, 2.45) is 5.92 Å².